The van der Waals surface area contributed by atoms with Gasteiger partial charge in [-0.1, -0.05) is 56.3 Å². The van der Waals surface area contributed by atoms with E-state index >= 15 is 0 Å². The molecule has 2 aromatic carbocycles. The van der Waals surface area contributed by atoms with Gasteiger partial charge in [0, 0.05) is 12.5 Å². The maximum absolute atomic E-state index is 13.0. The molecular weight excluding hydrogens is 459 g/mol. The van der Waals surface area contributed by atoms with Crippen molar-refractivity contribution < 1.29 is 18.7 Å². The van der Waals surface area contributed by atoms with Gasteiger partial charge >= 0.3 is 0 Å². The molecule has 0 bridgehead atoms. The second-order valence-corrected chi connectivity index (χ2v) is 8.27. The Bertz CT molecular complexity index is 1190. The number of aromatic nitrogens is 2. The van der Waals surface area contributed by atoms with Crippen molar-refractivity contribution in [3.8, 4) is 6.07 Å². The molecule has 0 saturated heterocycles. The smallest absolute Gasteiger partial charge is 0.271 e. The molecule has 0 fully saturated rings. The quantitative estimate of drug-likeness (QED) is 0.467. The molecule has 1 amide bonds. The predicted octanol–water partition coefficient (Wildman–Crippen LogP) is 4.68. The standard InChI is InChI=1S/C20H21FN4O3.C8H10/c1-12(10-28-11-13(2)26)19-24-14(3)17(8-22)18(25-19)20(27)23-9-15-4-6-16(21)7-5-15;1-2-8-6-4-3-5-7-8/h4-7,12H,9-11H2,1-3H3,(H,23,27);3-7H,2H2,1H3. The van der Waals surface area contributed by atoms with Crippen LogP contribution in [0.15, 0.2) is 54.6 Å². The van der Waals surface area contributed by atoms with Crippen molar-refractivity contribution >= 4 is 11.7 Å². The summed E-state index contributed by atoms with van der Waals surface area (Å²) in [6.45, 7) is 7.39. The number of ketones is 1. The average Bonchev–Trinajstić information content (AvgIpc) is 2.88. The lowest BCUT2D eigenvalue weighted by Crippen LogP contribution is -2.26. The summed E-state index contributed by atoms with van der Waals surface area (Å²) in [5.41, 5.74) is 2.58. The Hall–Kier alpha value is -3.96. The van der Waals surface area contributed by atoms with Gasteiger partial charge in [0.2, 0.25) is 0 Å². The van der Waals surface area contributed by atoms with E-state index in [1.165, 1.54) is 24.6 Å². The second-order valence-electron chi connectivity index (χ2n) is 8.27. The number of nitrogens with one attached hydrogen (secondary N) is 1. The van der Waals surface area contributed by atoms with Gasteiger partial charge in [-0.15, -0.1) is 0 Å². The van der Waals surface area contributed by atoms with Crippen LogP contribution in [0.4, 0.5) is 4.39 Å². The zero-order valence-corrected chi connectivity index (χ0v) is 21.0. The first-order chi connectivity index (χ1) is 17.2. The van der Waals surface area contributed by atoms with E-state index in [-0.39, 0.29) is 48.5 Å². The van der Waals surface area contributed by atoms with Gasteiger partial charge < -0.3 is 10.1 Å². The van der Waals surface area contributed by atoms with E-state index in [0.29, 0.717) is 17.1 Å². The van der Waals surface area contributed by atoms with E-state index in [2.05, 4.69) is 46.5 Å². The lowest BCUT2D eigenvalue weighted by Gasteiger charge is -2.14. The molecule has 0 radical (unpaired) electrons. The third-order valence-corrected chi connectivity index (χ3v) is 5.17. The zero-order valence-electron chi connectivity index (χ0n) is 21.0. The molecule has 3 aromatic rings. The molecule has 0 spiro atoms. The average molecular weight is 491 g/mol. The Morgan fingerprint density at radius 3 is 2.31 bits per heavy atom. The van der Waals surface area contributed by atoms with Gasteiger partial charge in [-0.25, -0.2) is 14.4 Å². The number of nitriles is 1. The Morgan fingerprint density at radius 1 is 1.08 bits per heavy atom. The van der Waals surface area contributed by atoms with Crippen molar-refractivity contribution in [1.82, 2.24) is 15.3 Å². The van der Waals surface area contributed by atoms with E-state index < -0.39 is 5.91 Å². The number of hydrogen-bond acceptors (Lipinski definition) is 6. The van der Waals surface area contributed by atoms with Crippen LogP contribution in [0, 0.1) is 24.1 Å². The van der Waals surface area contributed by atoms with Crippen molar-refractivity contribution in [2.24, 2.45) is 0 Å². The maximum Gasteiger partial charge on any atom is 0.271 e. The molecule has 0 aliphatic carbocycles. The summed E-state index contributed by atoms with van der Waals surface area (Å²) in [6.07, 6.45) is 1.14. The van der Waals surface area contributed by atoms with Crippen LogP contribution in [0.1, 0.15) is 65.4 Å². The van der Waals surface area contributed by atoms with Crippen LogP contribution < -0.4 is 5.32 Å². The van der Waals surface area contributed by atoms with E-state index in [1.807, 2.05) is 12.1 Å². The maximum atomic E-state index is 13.0. The first-order valence-electron chi connectivity index (χ1n) is 11.7. The van der Waals surface area contributed by atoms with Crippen LogP contribution >= 0.6 is 0 Å². The molecule has 0 saturated carbocycles. The highest BCUT2D eigenvalue weighted by molar-refractivity contribution is 5.94. The first-order valence-corrected chi connectivity index (χ1v) is 11.7. The highest BCUT2D eigenvalue weighted by Crippen LogP contribution is 2.17. The van der Waals surface area contributed by atoms with Crippen LogP contribution in [0.3, 0.4) is 0 Å². The monoisotopic (exact) mass is 490 g/mol. The van der Waals surface area contributed by atoms with Crippen molar-refractivity contribution in [3.63, 3.8) is 0 Å². The Morgan fingerprint density at radius 2 is 1.75 bits per heavy atom. The van der Waals surface area contributed by atoms with Crippen molar-refractivity contribution in [1.29, 1.82) is 5.26 Å². The highest BCUT2D eigenvalue weighted by atomic mass is 19.1. The summed E-state index contributed by atoms with van der Waals surface area (Å²) in [4.78, 5) is 32.1. The first kappa shape index (κ1) is 28.3. The number of halogens is 1. The fraction of sp³-hybridized carbons (Fsp3) is 0.321. The number of hydrogen-bond donors (Lipinski definition) is 1. The molecule has 188 valence electrons. The number of carbonyl (C=O) groups excluding carboxylic acids is 2. The molecule has 0 aliphatic heterocycles. The van der Waals surface area contributed by atoms with Gasteiger partial charge in [-0.3, -0.25) is 9.59 Å². The predicted molar refractivity (Wildman–Crippen MR) is 135 cm³/mol. The molecule has 1 heterocycles. The van der Waals surface area contributed by atoms with Crippen LogP contribution in [0.25, 0.3) is 0 Å². The number of ether oxygens (including phenoxy) is 1. The van der Waals surface area contributed by atoms with Gasteiger partial charge in [0.1, 0.15) is 35.6 Å². The summed E-state index contributed by atoms with van der Waals surface area (Å²) < 4.78 is 18.3. The molecule has 7 nitrogen and oxygen atoms in total. The Balaban J connectivity index is 0.000000482. The van der Waals surface area contributed by atoms with Crippen molar-refractivity contribution in [3.05, 3.63) is 94.3 Å². The van der Waals surface area contributed by atoms with Gasteiger partial charge in [-0.2, -0.15) is 5.26 Å². The molecule has 1 aromatic heterocycles. The van der Waals surface area contributed by atoms with Gasteiger partial charge in [0.15, 0.2) is 5.78 Å². The van der Waals surface area contributed by atoms with Crippen molar-refractivity contribution in [2.75, 3.05) is 13.2 Å². The number of carbonyl (C=O) groups is 2. The largest absolute Gasteiger partial charge is 0.373 e. The summed E-state index contributed by atoms with van der Waals surface area (Å²) in [7, 11) is 0. The number of Topliss-reactive ketones (excluding diaryl/α,β-unsaturated/α-hetero) is 1. The van der Waals surface area contributed by atoms with E-state index in [0.717, 1.165) is 6.42 Å². The third-order valence-electron chi connectivity index (χ3n) is 5.17. The van der Waals surface area contributed by atoms with Crippen molar-refractivity contribution in [2.45, 2.75) is 46.6 Å². The molecular formula is C28H31FN4O3. The van der Waals surface area contributed by atoms with Crippen LogP contribution in [-0.4, -0.2) is 34.9 Å². The van der Waals surface area contributed by atoms with Gasteiger partial charge in [-0.05, 0) is 43.5 Å². The SMILES string of the molecule is CC(=O)COCC(C)c1nc(C)c(C#N)c(C(=O)NCc2ccc(F)cc2)n1.CCc1ccccc1. The molecule has 8 heteroatoms. The Kier molecular flexibility index (Phi) is 11.3. The minimum absolute atomic E-state index is 0.00931. The Labute approximate surface area is 211 Å². The van der Waals surface area contributed by atoms with Gasteiger partial charge in [0.05, 0.1) is 12.3 Å². The normalized spacial score (nSPS) is 11.0. The fourth-order valence-electron chi connectivity index (χ4n) is 3.15. The highest BCUT2D eigenvalue weighted by Gasteiger charge is 2.21. The molecule has 1 atom stereocenters. The number of rotatable bonds is 9. The minimum Gasteiger partial charge on any atom is -0.373 e. The fourth-order valence-corrected chi connectivity index (χ4v) is 3.15. The van der Waals surface area contributed by atoms with Crippen LogP contribution in [0.2, 0.25) is 0 Å². The molecule has 1 unspecified atom stereocenters. The summed E-state index contributed by atoms with van der Waals surface area (Å²) in [6, 6.07) is 18.1. The van der Waals surface area contributed by atoms with Gasteiger partial charge in [0.25, 0.3) is 5.91 Å². The summed E-state index contributed by atoms with van der Waals surface area (Å²) >= 11 is 0. The van der Waals surface area contributed by atoms with Crippen LogP contribution in [0.5, 0.6) is 0 Å². The number of aryl methyl sites for hydroxylation is 2. The third kappa shape index (κ3) is 9.01. The minimum atomic E-state index is -0.524. The van der Waals surface area contributed by atoms with Crippen LogP contribution in [-0.2, 0) is 22.5 Å². The molecule has 36 heavy (non-hydrogen) atoms. The molecule has 1 N–H and O–H groups in total. The summed E-state index contributed by atoms with van der Waals surface area (Å²) in [5.74, 6) is -0.894. The second kappa shape index (κ2) is 14.4. The zero-order chi connectivity index (χ0) is 26.5. The summed E-state index contributed by atoms with van der Waals surface area (Å²) in [5, 5.41) is 12.1. The molecule has 0 aliphatic rings. The number of nitrogens with zero attached hydrogens (tertiary/aromatic N) is 3. The van der Waals surface area contributed by atoms with E-state index in [9.17, 15) is 19.2 Å². The number of amides is 1. The topological polar surface area (TPSA) is 105 Å². The lowest BCUT2D eigenvalue weighted by molar-refractivity contribution is -0.121. The van der Waals surface area contributed by atoms with E-state index in [4.69, 9.17) is 4.74 Å². The molecule has 3 rings (SSSR count). The van der Waals surface area contributed by atoms with E-state index in [1.54, 1.807) is 26.0 Å². The number of benzene rings is 2. The lowest BCUT2D eigenvalue weighted by atomic mass is 10.1.